The number of hydrogen-bond acceptors (Lipinski definition) is 5. The van der Waals surface area contributed by atoms with Gasteiger partial charge >= 0.3 is 0 Å². The van der Waals surface area contributed by atoms with Crippen LogP contribution in [0.5, 0.6) is 17.2 Å². The van der Waals surface area contributed by atoms with Gasteiger partial charge in [-0.3, -0.25) is 4.79 Å². The first-order valence-corrected chi connectivity index (χ1v) is 8.30. The molecule has 0 fully saturated rings. The lowest BCUT2D eigenvalue weighted by Gasteiger charge is -2.13. The number of nitrogens with zero attached hydrogens (tertiary/aromatic N) is 1. The molecule has 6 nitrogen and oxygen atoms in total. The Morgan fingerprint density at radius 2 is 1.96 bits per heavy atom. The van der Waals surface area contributed by atoms with Crippen molar-refractivity contribution in [2.24, 2.45) is 5.10 Å². The Labute approximate surface area is 154 Å². The maximum atomic E-state index is 12.1. The second kappa shape index (κ2) is 9.08. The molecule has 1 atom stereocenters. The van der Waals surface area contributed by atoms with Gasteiger partial charge in [0.1, 0.15) is 5.75 Å². The number of rotatable bonds is 7. The van der Waals surface area contributed by atoms with Crippen LogP contribution in [0.4, 0.5) is 0 Å². The molecule has 2 aromatic carbocycles. The number of benzene rings is 2. The Bertz CT molecular complexity index is 764. The number of halogens is 1. The topological polar surface area (TPSA) is 69.2 Å². The molecule has 1 amide bonds. The predicted octanol–water partition coefficient (Wildman–Crippen LogP) is 3.38. The first-order valence-electron chi connectivity index (χ1n) is 7.51. The van der Waals surface area contributed by atoms with Crippen LogP contribution in [-0.2, 0) is 4.79 Å². The van der Waals surface area contributed by atoms with Crippen molar-refractivity contribution >= 4 is 28.1 Å². The van der Waals surface area contributed by atoms with E-state index in [9.17, 15) is 4.79 Å². The third kappa shape index (κ3) is 5.22. The van der Waals surface area contributed by atoms with E-state index < -0.39 is 6.10 Å². The van der Waals surface area contributed by atoms with E-state index in [1.165, 1.54) is 6.21 Å². The van der Waals surface area contributed by atoms with Crippen molar-refractivity contribution in [1.29, 1.82) is 0 Å². The van der Waals surface area contributed by atoms with Crippen LogP contribution in [0.25, 0.3) is 0 Å². The van der Waals surface area contributed by atoms with Gasteiger partial charge in [-0.15, -0.1) is 0 Å². The fraction of sp³-hybridized carbons (Fsp3) is 0.222. The zero-order valence-electron chi connectivity index (χ0n) is 14.2. The molecular formula is C18H19BrN2O4. The van der Waals surface area contributed by atoms with Crippen LogP contribution in [0.15, 0.2) is 52.0 Å². The summed E-state index contributed by atoms with van der Waals surface area (Å²) in [5, 5.41) is 3.96. The number of hydrazone groups is 1. The number of ether oxygens (including phenoxy) is 3. The zero-order chi connectivity index (χ0) is 18.2. The Morgan fingerprint density at radius 1 is 1.20 bits per heavy atom. The van der Waals surface area contributed by atoms with Gasteiger partial charge in [0.25, 0.3) is 5.91 Å². The highest BCUT2D eigenvalue weighted by atomic mass is 79.9. The Kier molecular flexibility index (Phi) is 6.82. The summed E-state index contributed by atoms with van der Waals surface area (Å²) in [5.41, 5.74) is 3.14. The molecule has 0 aromatic heterocycles. The maximum Gasteiger partial charge on any atom is 0.280 e. The van der Waals surface area contributed by atoms with Crippen LogP contribution in [0, 0.1) is 0 Å². The molecule has 0 bridgehead atoms. The number of para-hydroxylation sites is 1. The predicted molar refractivity (Wildman–Crippen MR) is 99.5 cm³/mol. The van der Waals surface area contributed by atoms with E-state index in [1.807, 2.05) is 18.2 Å². The lowest BCUT2D eigenvalue weighted by molar-refractivity contribution is -0.127. The van der Waals surface area contributed by atoms with Crippen molar-refractivity contribution in [3.63, 3.8) is 0 Å². The highest BCUT2D eigenvalue weighted by Crippen LogP contribution is 2.29. The minimum Gasteiger partial charge on any atom is -0.493 e. The van der Waals surface area contributed by atoms with Crippen molar-refractivity contribution in [2.45, 2.75) is 13.0 Å². The SMILES string of the molecule is COc1cccc(/C=N\NC(=O)[C@H](C)Oc2cccc(Br)c2)c1OC. The van der Waals surface area contributed by atoms with Crippen molar-refractivity contribution in [3.8, 4) is 17.2 Å². The van der Waals surface area contributed by atoms with Gasteiger partial charge in [0, 0.05) is 10.0 Å². The summed E-state index contributed by atoms with van der Waals surface area (Å²) < 4.78 is 17.0. The van der Waals surface area contributed by atoms with Crippen LogP contribution < -0.4 is 19.6 Å². The van der Waals surface area contributed by atoms with E-state index in [0.29, 0.717) is 22.8 Å². The second-order valence-electron chi connectivity index (χ2n) is 5.03. The molecular weight excluding hydrogens is 388 g/mol. The lowest BCUT2D eigenvalue weighted by atomic mass is 10.2. The molecule has 25 heavy (non-hydrogen) atoms. The molecule has 132 valence electrons. The van der Waals surface area contributed by atoms with E-state index in [2.05, 4.69) is 26.5 Å². The fourth-order valence-corrected chi connectivity index (χ4v) is 2.45. The van der Waals surface area contributed by atoms with E-state index in [0.717, 1.165) is 4.47 Å². The largest absolute Gasteiger partial charge is 0.493 e. The molecule has 0 aliphatic rings. The normalized spacial score (nSPS) is 11.8. The molecule has 1 N–H and O–H groups in total. The Balaban J connectivity index is 1.98. The van der Waals surface area contributed by atoms with Crippen LogP contribution in [0.1, 0.15) is 12.5 Å². The Hall–Kier alpha value is -2.54. The molecule has 2 aromatic rings. The summed E-state index contributed by atoms with van der Waals surface area (Å²) in [6.07, 6.45) is 0.795. The molecule has 7 heteroatoms. The summed E-state index contributed by atoms with van der Waals surface area (Å²) in [7, 11) is 3.10. The quantitative estimate of drug-likeness (QED) is 0.565. The van der Waals surface area contributed by atoms with Crippen LogP contribution in [0.2, 0.25) is 0 Å². The summed E-state index contributed by atoms with van der Waals surface area (Å²) in [6.45, 7) is 1.65. The van der Waals surface area contributed by atoms with Crippen LogP contribution in [-0.4, -0.2) is 32.4 Å². The van der Waals surface area contributed by atoms with Crippen molar-refractivity contribution in [1.82, 2.24) is 5.43 Å². The second-order valence-corrected chi connectivity index (χ2v) is 5.95. The lowest BCUT2D eigenvalue weighted by Crippen LogP contribution is -2.33. The average molecular weight is 407 g/mol. The number of nitrogens with one attached hydrogen (secondary N) is 1. The zero-order valence-corrected chi connectivity index (χ0v) is 15.7. The van der Waals surface area contributed by atoms with Gasteiger partial charge in [0.15, 0.2) is 17.6 Å². The summed E-state index contributed by atoms with van der Waals surface area (Å²) in [4.78, 5) is 12.1. The first kappa shape index (κ1) is 18.8. The van der Waals surface area contributed by atoms with Crippen molar-refractivity contribution < 1.29 is 19.0 Å². The highest BCUT2D eigenvalue weighted by Gasteiger charge is 2.14. The van der Waals surface area contributed by atoms with E-state index >= 15 is 0 Å². The van der Waals surface area contributed by atoms with Gasteiger partial charge in [0.05, 0.1) is 20.4 Å². The Morgan fingerprint density at radius 3 is 2.64 bits per heavy atom. The van der Waals surface area contributed by atoms with E-state index in [-0.39, 0.29) is 5.91 Å². The van der Waals surface area contributed by atoms with Crippen LogP contribution >= 0.6 is 15.9 Å². The monoisotopic (exact) mass is 406 g/mol. The third-order valence-electron chi connectivity index (χ3n) is 3.29. The molecule has 0 saturated heterocycles. The molecule has 0 heterocycles. The molecule has 0 aliphatic heterocycles. The number of hydrogen-bond donors (Lipinski definition) is 1. The fourth-order valence-electron chi connectivity index (χ4n) is 2.07. The minimum absolute atomic E-state index is 0.363. The maximum absolute atomic E-state index is 12.1. The molecule has 0 radical (unpaired) electrons. The van der Waals surface area contributed by atoms with Gasteiger partial charge < -0.3 is 14.2 Å². The third-order valence-corrected chi connectivity index (χ3v) is 3.78. The summed E-state index contributed by atoms with van der Waals surface area (Å²) >= 11 is 3.36. The standard InChI is InChI=1S/C18H19BrN2O4/c1-12(25-15-8-5-7-14(19)10-15)18(22)21-20-11-13-6-4-9-16(23-2)17(13)24-3/h4-12H,1-3H3,(H,21,22)/b20-11-/t12-/m0/s1. The van der Waals surface area contributed by atoms with Gasteiger partial charge in [0.2, 0.25) is 0 Å². The number of carbonyl (C=O) groups excluding carboxylic acids is 1. The minimum atomic E-state index is -0.696. The van der Waals surface area contributed by atoms with Gasteiger partial charge in [-0.2, -0.15) is 5.10 Å². The molecule has 0 aliphatic carbocycles. The van der Waals surface area contributed by atoms with Crippen molar-refractivity contribution in [3.05, 3.63) is 52.5 Å². The first-order chi connectivity index (χ1) is 12.0. The van der Waals surface area contributed by atoms with Gasteiger partial charge in [-0.25, -0.2) is 5.43 Å². The highest BCUT2D eigenvalue weighted by molar-refractivity contribution is 9.10. The smallest absolute Gasteiger partial charge is 0.280 e. The molecule has 0 unspecified atom stereocenters. The number of methoxy groups -OCH3 is 2. The van der Waals surface area contributed by atoms with Gasteiger partial charge in [-0.1, -0.05) is 28.1 Å². The van der Waals surface area contributed by atoms with Crippen LogP contribution in [0.3, 0.4) is 0 Å². The summed E-state index contributed by atoms with van der Waals surface area (Å²) in [6, 6.07) is 12.7. The summed E-state index contributed by atoms with van der Waals surface area (Å²) in [5.74, 6) is 1.36. The van der Waals surface area contributed by atoms with E-state index in [1.54, 1.807) is 45.4 Å². The number of carbonyl (C=O) groups is 1. The molecule has 2 rings (SSSR count). The average Bonchev–Trinajstić information content (AvgIpc) is 2.61. The van der Waals surface area contributed by atoms with Gasteiger partial charge in [-0.05, 0) is 37.3 Å². The number of amides is 1. The van der Waals surface area contributed by atoms with E-state index in [4.69, 9.17) is 14.2 Å². The molecule has 0 saturated carbocycles. The van der Waals surface area contributed by atoms with Crippen molar-refractivity contribution in [2.75, 3.05) is 14.2 Å². The molecule has 0 spiro atoms.